The van der Waals surface area contributed by atoms with Crippen molar-refractivity contribution < 1.29 is 14.3 Å². The molecule has 1 aromatic carbocycles. The minimum absolute atomic E-state index is 0.215. The van der Waals surface area contributed by atoms with Crippen LogP contribution in [0.3, 0.4) is 0 Å². The third-order valence-electron chi connectivity index (χ3n) is 3.49. The summed E-state index contributed by atoms with van der Waals surface area (Å²) in [5.74, 6) is 2.88. The maximum Gasteiger partial charge on any atom is 0.316 e. The monoisotopic (exact) mass is 260 g/mol. The van der Waals surface area contributed by atoms with Crippen molar-refractivity contribution >= 4 is 5.97 Å². The van der Waals surface area contributed by atoms with Crippen LogP contribution in [0.25, 0.3) is 0 Å². The number of ether oxygens (including phenoxy) is 2. The lowest BCUT2D eigenvalue weighted by Crippen LogP contribution is -2.35. The van der Waals surface area contributed by atoms with Crippen molar-refractivity contribution in [1.29, 1.82) is 0 Å². The molecule has 3 heteroatoms. The second kappa shape index (κ2) is 6.84. The Morgan fingerprint density at radius 2 is 2.05 bits per heavy atom. The Balaban J connectivity index is 3.17. The van der Waals surface area contributed by atoms with Gasteiger partial charge in [-0.05, 0) is 30.5 Å². The summed E-state index contributed by atoms with van der Waals surface area (Å²) in [6.07, 6.45) is 6.52. The Kier molecular flexibility index (Phi) is 5.44. The zero-order chi connectivity index (χ0) is 14.3. The SMILES string of the molecule is C#CCOc1cccc(C(CC)(CC)C(=O)OC)c1. The highest BCUT2D eigenvalue weighted by Gasteiger charge is 2.38. The van der Waals surface area contributed by atoms with E-state index in [1.54, 1.807) is 0 Å². The number of terminal acetylenes is 1. The molecule has 0 spiro atoms. The molecule has 0 aliphatic rings. The Labute approximate surface area is 114 Å². The van der Waals surface area contributed by atoms with Crippen molar-refractivity contribution in [3.63, 3.8) is 0 Å². The van der Waals surface area contributed by atoms with Gasteiger partial charge in [0.15, 0.2) is 0 Å². The third kappa shape index (κ3) is 3.08. The van der Waals surface area contributed by atoms with E-state index in [4.69, 9.17) is 15.9 Å². The smallest absolute Gasteiger partial charge is 0.316 e. The molecule has 0 saturated heterocycles. The number of hydrogen-bond donors (Lipinski definition) is 0. The molecule has 1 rings (SSSR count). The second-order valence-corrected chi connectivity index (χ2v) is 4.30. The third-order valence-corrected chi connectivity index (χ3v) is 3.49. The van der Waals surface area contributed by atoms with Gasteiger partial charge in [0.25, 0.3) is 0 Å². The van der Waals surface area contributed by atoms with Crippen molar-refractivity contribution in [2.24, 2.45) is 0 Å². The van der Waals surface area contributed by atoms with Gasteiger partial charge in [0, 0.05) is 0 Å². The van der Waals surface area contributed by atoms with E-state index in [-0.39, 0.29) is 12.6 Å². The second-order valence-electron chi connectivity index (χ2n) is 4.30. The lowest BCUT2D eigenvalue weighted by Gasteiger charge is -2.29. The quantitative estimate of drug-likeness (QED) is 0.583. The first-order valence-electron chi connectivity index (χ1n) is 6.39. The number of hydrogen-bond acceptors (Lipinski definition) is 3. The highest BCUT2D eigenvalue weighted by atomic mass is 16.5. The first kappa shape index (κ1) is 15.1. The fraction of sp³-hybridized carbons (Fsp3) is 0.438. The molecule has 1 aromatic rings. The van der Waals surface area contributed by atoms with Crippen LogP contribution in [-0.4, -0.2) is 19.7 Å². The topological polar surface area (TPSA) is 35.5 Å². The van der Waals surface area contributed by atoms with E-state index in [0.29, 0.717) is 18.6 Å². The van der Waals surface area contributed by atoms with Crippen LogP contribution in [0.1, 0.15) is 32.3 Å². The number of rotatable bonds is 6. The van der Waals surface area contributed by atoms with Gasteiger partial charge in [0.2, 0.25) is 0 Å². The molecule has 0 fully saturated rings. The molecular weight excluding hydrogens is 240 g/mol. The number of benzene rings is 1. The van der Waals surface area contributed by atoms with Crippen LogP contribution in [-0.2, 0) is 14.9 Å². The van der Waals surface area contributed by atoms with E-state index < -0.39 is 5.41 Å². The summed E-state index contributed by atoms with van der Waals surface area (Å²) in [6, 6.07) is 7.48. The zero-order valence-corrected chi connectivity index (χ0v) is 11.7. The van der Waals surface area contributed by atoms with Crippen molar-refractivity contribution in [2.45, 2.75) is 32.1 Å². The van der Waals surface area contributed by atoms with Gasteiger partial charge >= 0.3 is 5.97 Å². The molecule has 0 amide bonds. The van der Waals surface area contributed by atoms with Gasteiger partial charge in [0.1, 0.15) is 12.4 Å². The summed E-state index contributed by atoms with van der Waals surface area (Å²) in [5, 5.41) is 0. The Bertz CT molecular complexity index is 467. The first-order valence-corrected chi connectivity index (χ1v) is 6.39. The summed E-state index contributed by atoms with van der Waals surface area (Å²) in [5.41, 5.74) is 0.281. The van der Waals surface area contributed by atoms with E-state index in [1.807, 2.05) is 38.1 Å². The van der Waals surface area contributed by atoms with Gasteiger partial charge in [-0.3, -0.25) is 4.79 Å². The summed E-state index contributed by atoms with van der Waals surface area (Å²) >= 11 is 0. The number of carbonyl (C=O) groups excluding carboxylic acids is 1. The molecule has 0 heterocycles. The average molecular weight is 260 g/mol. The van der Waals surface area contributed by atoms with Gasteiger partial charge < -0.3 is 9.47 Å². The van der Waals surface area contributed by atoms with E-state index in [1.165, 1.54) is 7.11 Å². The van der Waals surface area contributed by atoms with E-state index in [2.05, 4.69) is 5.92 Å². The fourth-order valence-corrected chi connectivity index (χ4v) is 2.27. The van der Waals surface area contributed by atoms with Crippen LogP contribution in [0, 0.1) is 12.3 Å². The normalized spacial score (nSPS) is 10.6. The first-order chi connectivity index (χ1) is 9.14. The zero-order valence-electron chi connectivity index (χ0n) is 11.7. The number of esters is 1. The largest absolute Gasteiger partial charge is 0.481 e. The Morgan fingerprint density at radius 1 is 1.37 bits per heavy atom. The molecule has 3 nitrogen and oxygen atoms in total. The number of carbonyl (C=O) groups is 1. The fourth-order valence-electron chi connectivity index (χ4n) is 2.27. The van der Waals surface area contributed by atoms with Gasteiger partial charge in [-0.15, -0.1) is 6.42 Å². The molecule has 0 saturated carbocycles. The summed E-state index contributed by atoms with van der Waals surface area (Å²) in [6.45, 7) is 4.18. The van der Waals surface area contributed by atoms with Crippen molar-refractivity contribution in [3.05, 3.63) is 29.8 Å². The van der Waals surface area contributed by atoms with Crippen molar-refractivity contribution in [2.75, 3.05) is 13.7 Å². The molecular formula is C16H20O3. The molecule has 0 radical (unpaired) electrons. The van der Waals surface area contributed by atoms with E-state index in [9.17, 15) is 4.79 Å². The highest BCUT2D eigenvalue weighted by Crippen LogP contribution is 2.34. The Hall–Kier alpha value is -1.95. The van der Waals surface area contributed by atoms with Gasteiger partial charge in [-0.1, -0.05) is 31.9 Å². The number of methoxy groups -OCH3 is 1. The van der Waals surface area contributed by atoms with Gasteiger partial charge in [-0.25, -0.2) is 0 Å². The van der Waals surface area contributed by atoms with Crippen molar-refractivity contribution in [3.8, 4) is 18.1 Å². The van der Waals surface area contributed by atoms with Crippen LogP contribution in [0.5, 0.6) is 5.75 Å². The maximum absolute atomic E-state index is 12.1. The van der Waals surface area contributed by atoms with E-state index in [0.717, 1.165) is 5.56 Å². The minimum atomic E-state index is -0.621. The lowest BCUT2D eigenvalue weighted by molar-refractivity contribution is -0.148. The molecule has 102 valence electrons. The average Bonchev–Trinajstić information content (AvgIpc) is 2.47. The summed E-state index contributed by atoms with van der Waals surface area (Å²) in [7, 11) is 1.42. The molecule has 0 aliphatic heterocycles. The van der Waals surface area contributed by atoms with E-state index >= 15 is 0 Å². The maximum atomic E-state index is 12.1. The molecule has 0 aliphatic carbocycles. The molecule has 19 heavy (non-hydrogen) atoms. The molecule has 0 unspecified atom stereocenters. The predicted molar refractivity (Wildman–Crippen MR) is 75.0 cm³/mol. The summed E-state index contributed by atoms with van der Waals surface area (Å²) < 4.78 is 10.4. The lowest BCUT2D eigenvalue weighted by atomic mass is 9.76. The van der Waals surface area contributed by atoms with Gasteiger partial charge in [0.05, 0.1) is 12.5 Å². The van der Waals surface area contributed by atoms with Crippen LogP contribution in [0.4, 0.5) is 0 Å². The van der Waals surface area contributed by atoms with Crippen LogP contribution < -0.4 is 4.74 Å². The molecule has 0 atom stereocenters. The highest BCUT2D eigenvalue weighted by molar-refractivity contribution is 5.83. The van der Waals surface area contributed by atoms with Crippen LogP contribution >= 0.6 is 0 Å². The molecule has 0 aromatic heterocycles. The molecule has 0 bridgehead atoms. The summed E-state index contributed by atoms with van der Waals surface area (Å²) in [4.78, 5) is 12.1. The van der Waals surface area contributed by atoms with Gasteiger partial charge in [-0.2, -0.15) is 0 Å². The predicted octanol–water partition coefficient (Wildman–Crippen LogP) is 2.93. The Morgan fingerprint density at radius 3 is 2.58 bits per heavy atom. The van der Waals surface area contributed by atoms with Crippen molar-refractivity contribution in [1.82, 2.24) is 0 Å². The minimum Gasteiger partial charge on any atom is -0.481 e. The molecule has 0 N–H and O–H groups in total. The standard InChI is InChI=1S/C16H20O3/c1-5-11-19-14-10-8-9-13(12-14)16(6-2,7-3)15(17)18-4/h1,8-10,12H,6-7,11H2,2-4H3. The van der Waals surface area contributed by atoms with Crippen LogP contribution in [0.15, 0.2) is 24.3 Å². The van der Waals surface area contributed by atoms with Crippen LogP contribution in [0.2, 0.25) is 0 Å².